The molecule has 2 aliphatic rings. The highest BCUT2D eigenvalue weighted by molar-refractivity contribution is 6.35. The lowest BCUT2D eigenvalue weighted by molar-refractivity contribution is -0.137. The average molecular weight is 437 g/mol. The van der Waals surface area contributed by atoms with Crippen LogP contribution >= 0.6 is 0 Å². The molecule has 0 aliphatic carbocycles. The van der Waals surface area contributed by atoms with E-state index in [1.54, 1.807) is 19.2 Å². The summed E-state index contributed by atoms with van der Waals surface area (Å²) < 4.78 is 18.6. The van der Waals surface area contributed by atoms with Crippen molar-refractivity contribution in [2.45, 2.75) is 25.7 Å². The lowest BCUT2D eigenvalue weighted by Crippen LogP contribution is -2.39. The molecule has 32 heavy (non-hydrogen) atoms. The van der Waals surface area contributed by atoms with Crippen molar-refractivity contribution in [3.05, 3.63) is 77.2 Å². The molecule has 0 unspecified atom stereocenters. The maximum atomic E-state index is 13.5. The molecule has 0 N–H and O–H groups in total. The van der Waals surface area contributed by atoms with Gasteiger partial charge in [0.15, 0.2) is 0 Å². The highest BCUT2D eigenvalue weighted by Crippen LogP contribution is 2.34. The molecule has 0 aromatic heterocycles. The second-order valence-electron chi connectivity index (χ2n) is 8.46. The number of benzene rings is 2. The van der Waals surface area contributed by atoms with E-state index >= 15 is 0 Å². The molecule has 1 fully saturated rings. The fraction of sp³-hybridized carbons (Fsp3) is 0.385. The van der Waals surface area contributed by atoms with E-state index in [9.17, 15) is 14.0 Å². The van der Waals surface area contributed by atoms with E-state index in [0.29, 0.717) is 42.3 Å². The summed E-state index contributed by atoms with van der Waals surface area (Å²) in [6, 6.07) is 16.3. The number of amides is 2. The Balaban J connectivity index is 1.54. The van der Waals surface area contributed by atoms with Crippen LogP contribution in [-0.2, 0) is 20.7 Å². The van der Waals surface area contributed by atoms with Gasteiger partial charge in [0, 0.05) is 33.4 Å². The standard InChI is InChI=1S/C26H29FN2O3/c1-32-17-5-14-29-25(30)23(21-8-10-22(27)11-9-21)24(26(29)31)28-15-12-20(13-16-28)18-19-6-3-2-4-7-19/h2-4,6-11,20H,5,12-18H2,1H3. The van der Waals surface area contributed by atoms with Crippen LogP contribution < -0.4 is 0 Å². The number of halogens is 1. The molecule has 1 saturated heterocycles. The number of methoxy groups -OCH3 is 1. The number of hydrogen-bond acceptors (Lipinski definition) is 4. The Morgan fingerprint density at radius 1 is 0.969 bits per heavy atom. The molecule has 0 atom stereocenters. The van der Waals surface area contributed by atoms with Gasteiger partial charge in [-0.1, -0.05) is 42.5 Å². The van der Waals surface area contributed by atoms with Crippen LogP contribution in [0.5, 0.6) is 0 Å². The summed E-state index contributed by atoms with van der Waals surface area (Å²) in [7, 11) is 1.60. The van der Waals surface area contributed by atoms with Gasteiger partial charge in [0.25, 0.3) is 11.8 Å². The predicted molar refractivity (Wildman–Crippen MR) is 121 cm³/mol. The minimum Gasteiger partial charge on any atom is -0.385 e. The van der Waals surface area contributed by atoms with Gasteiger partial charge < -0.3 is 9.64 Å². The summed E-state index contributed by atoms with van der Waals surface area (Å²) in [5, 5.41) is 0. The van der Waals surface area contributed by atoms with Crippen LogP contribution in [-0.4, -0.2) is 55.0 Å². The molecular formula is C26H29FN2O3. The van der Waals surface area contributed by atoms with Gasteiger partial charge in [0.2, 0.25) is 0 Å². The average Bonchev–Trinajstić information content (AvgIpc) is 3.06. The minimum atomic E-state index is -0.369. The molecule has 0 bridgehead atoms. The van der Waals surface area contributed by atoms with Crippen LogP contribution in [0.25, 0.3) is 5.57 Å². The summed E-state index contributed by atoms with van der Waals surface area (Å²) in [4.78, 5) is 29.9. The molecule has 0 saturated carbocycles. The molecule has 2 heterocycles. The highest BCUT2D eigenvalue weighted by Gasteiger charge is 2.41. The van der Waals surface area contributed by atoms with Crippen molar-refractivity contribution >= 4 is 17.4 Å². The van der Waals surface area contributed by atoms with Gasteiger partial charge in [-0.25, -0.2) is 4.39 Å². The topological polar surface area (TPSA) is 49.9 Å². The number of likely N-dealkylation sites (tertiary alicyclic amines) is 1. The molecule has 2 amide bonds. The smallest absolute Gasteiger partial charge is 0.277 e. The van der Waals surface area contributed by atoms with E-state index in [-0.39, 0.29) is 17.6 Å². The molecule has 0 spiro atoms. The number of rotatable bonds is 8. The van der Waals surface area contributed by atoms with Crippen molar-refractivity contribution in [2.75, 3.05) is 33.4 Å². The Kier molecular flexibility index (Phi) is 7.00. The molecular weight excluding hydrogens is 407 g/mol. The fourth-order valence-corrected chi connectivity index (χ4v) is 4.61. The predicted octanol–water partition coefficient (Wildman–Crippen LogP) is 3.90. The zero-order chi connectivity index (χ0) is 22.5. The summed E-state index contributed by atoms with van der Waals surface area (Å²) in [6.45, 7) is 2.23. The van der Waals surface area contributed by atoms with Gasteiger partial charge in [-0.3, -0.25) is 14.5 Å². The summed E-state index contributed by atoms with van der Waals surface area (Å²) >= 11 is 0. The number of carbonyl (C=O) groups is 2. The number of nitrogens with zero attached hydrogens (tertiary/aromatic N) is 2. The van der Waals surface area contributed by atoms with Gasteiger partial charge in [-0.15, -0.1) is 0 Å². The van der Waals surface area contributed by atoms with Crippen molar-refractivity contribution in [1.29, 1.82) is 0 Å². The lowest BCUT2D eigenvalue weighted by Gasteiger charge is -2.34. The first-order valence-electron chi connectivity index (χ1n) is 11.2. The zero-order valence-corrected chi connectivity index (χ0v) is 18.4. The second kappa shape index (κ2) is 10.1. The number of hydrogen-bond donors (Lipinski definition) is 0. The van der Waals surface area contributed by atoms with Gasteiger partial charge in [-0.2, -0.15) is 0 Å². The first kappa shape index (κ1) is 22.2. The maximum Gasteiger partial charge on any atom is 0.277 e. The SMILES string of the molecule is COCCCN1C(=O)C(c2ccc(F)cc2)=C(N2CCC(Cc3ccccc3)CC2)C1=O. The Labute approximate surface area is 188 Å². The second-order valence-corrected chi connectivity index (χ2v) is 8.46. The number of imide groups is 1. The van der Waals surface area contributed by atoms with Crippen molar-refractivity contribution in [2.24, 2.45) is 5.92 Å². The third kappa shape index (κ3) is 4.75. The van der Waals surface area contributed by atoms with Crippen molar-refractivity contribution in [3.8, 4) is 0 Å². The van der Waals surface area contributed by atoms with Crippen LogP contribution in [0.2, 0.25) is 0 Å². The van der Waals surface area contributed by atoms with E-state index in [4.69, 9.17) is 4.74 Å². The number of carbonyl (C=O) groups excluding carboxylic acids is 2. The molecule has 4 rings (SSSR count). The monoisotopic (exact) mass is 436 g/mol. The number of ether oxygens (including phenoxy) is 1. The van der Waals surface area contributed by atoms with Crippen molar-refractivity contribution < 1.29 is 18.7 Å². The largest absolute Gasteiger partial charge is 0.385 e. The molecule has 0 radical (unpaired) electrons. The normalized spacial score (nSPS) is 17.6. The van der Waals surface area contributed by atoms with Crippen molar-refractivity contribution in [3.63, 3.8) is 0 Å². The summed E-state index contributed by atoms with van der Waals surface area (Å²) in [5.41, 5.74) is 2.75. The molecule has 2 aromatic carbocycles. The first-order valence-corrected chi connectivity index (χ1v) is 11.2. The summed E-state index contributed by atoms with van der Waals surface area (Å²) in [6.07, 6.45) is 3.52. The van der Waals surface area contributed by atoms with Crippen LogP contribution in [0.4, 0.5) is 4.39 Å². The first-order chi connectivity index (χ1) is 15.6. The lowest BCUT2D eigenvalue weighted by atomic mass is 9.89. The van der Waals surface area contributed by atoms with E-state index in [2.05, 4.69) is 29.2 Å². The molecule has 2 aliphatic heterocycles. The van der Waals surface area contributed by atoms with E-state index in [1.807, 2.05) is 6.07 Å². The van der Waals surface area contributed by atoms with E-state index in [1.165, 1.54) is 22.6 Å². The fourth-order valence-electron chi connectivity index (χ4n) is 4.61. The van der Waals surface area contributed by atoms with E-state index < -0.39 is 0 Å². The Morgan fingerprint density at radius 3 is 2.31 bits per heavy atom. The minimum absolute atomic E-state index is 0.257. The van der Waals surface area contributed by atoms with Gasteiger partial charge in [0.1, 0.15) is 11.5 Å². The zero-order valence-electron chi connectivity index (χ0n) is 18.4. The Hall–Kier alpha value is -2.99. The van der Waals surface area contributed by atoms with Crippen LogP contribution in [0.15, 0.2) is 60.3 Å². The number of piperidine rings is 1. The van der Waals surface area contributed by atoms with Gasteiger partial charge >= 0.3 is 0 Å². The molecule has 168 valence electrons. The molecule has 5 nitrogen and oxygen atoms in total. The maximum absolute atomic E-state index is 13.5. The molecule has 6 heteroatoms. The third-order valence-electron chi connectivity index (χ3n) is 6.30. The van der Waals surface area contributed by atoms with Crippen LogP contribution in [0.1, 0.15) is 30.4 Å². The Morgan fingerprint density at radius 2 is 1.66 bits per heavy atom. The molecule has 2 aromatic rings. The highest BCUT2D eigenvalue weighted by atomic mass is 19.1. The summed E-state index contributed by atoms with van der Waals surface area (Å²) in [5.74, 6) is -0.383. The van der Waals surface area contributed by atoms with E-state index in [0.717, 1.165) is 32.4 Å². The van der Waals surface area contributed by atoms with Gasteiger partial charge in [0.05, 0.1) is 5.57 Å². The van der Waals surface area contributed by atoms with Gasteiger partial charge in [-0.05, 0) is 54.9 Å². The van der Waals surface area contributed by atoms with Crippen molar-refractivity contribution in [1.82, 2.24) is 9.80 Å². The van der Waals surface area contributed by atoms with Crippen LogP contribution in [0, 0.1) is 11.7 Å². The quantitative estimate of drug-likeness (QED) is 0.465. The third-order valence-corrected chi connectivity index (χ3v) is 6.30. The Bertz CT molecular complexity index is 980. The van der Waals surface area contributed by atoms with Crippen LogP contribution in [0.3, 0.4) is 0 Å².